The molecule has 12 heteroatoms. The van der Waals surface area contributed by atoms with E-state index in [1.54, 1.807) is 19.4 Å². The Morgan fingerprint density at radius 2 is 1.77 bits per heavy atom. The van der Waals surface area contributed by atoms with Crippen molar-refractivity contribution < 1.29 is 19.0 Å². The summed E-state index contributed by atoms with van der Waals surface area (Å²) in [5, 5.41) is 7.90. The highest BCUT2D eigenvalue weighted by Gasteiger charge is 2.24. The maximum Gasteiger partial charge on any atom is 0.247 e. The van der Waals surface area contributed by atoms with Gasteiger partial charge in [0.25, 0.3) is 0 Å². The average Bonchev–Trinajstić information content (AvgIpc) is 3.54. The van der Waals surface area contributed by atoms with Gasteiger partial charge in [-0.3, -0.25) is 9.20 Å². The van der Waals surface area contributed by atoms with E-state index in [4.69, 9.17) is 47.4 Å². The van der Waals surface area contributed by atoms with Crippen molar-refractivity contribution in [1.82, 2.24) is 19.3 Å². The molecule has 0 radical (unpaired) electrons. The number of carbonyl (C=O) groups excluding carboxylic acids is 1. The van der Waals surface area contributed by atoms with Crippen LogP contribution in [0.15, 0.2) is 61.4 Å². The summed E-state index contributed by atoms with van der Waals surface area (Å²) in [4.78, 5) is 24.6. The van der Waals surface area contributed by atoms with Crippen LogP contribution in [0.3, 0.4) is 0 Å². The van der Waals surface area contributed by atoms with Gasteiger partial charge < -0.3 is 29.7 Å². The van der Waals surface area contributed by atoms with Gasteiger partial charge in [0.2, 0.25) is 5.91 Å². The Balaban J connectivity index is 1.44. The number of carbonyl (C=O) groups is 1. The lowest BCUT2D eigenvalue weighted by molar-refractivity contribution is -0.111. The largest absolute Gasteiger partial charge is 0.495 e. The van der Waals surface area contributed by atoms with Crippen LogP contribution in [0.1, 0.15) is 36.9 Å². The topological polar surface area (TPSA) is 102 Å². The van der Waals surface area contributed by atoms with E-state index in [0.29, 0.717) is 68.0 Å². The molecule has 0 bridgehead atoms. The molecule has 3 aromatic heterocycles. The van der Waals surface area contributed by atoms with Crippen molar-refractivity contribution >= 4 is 62.9 Å². The summed E-state index contributed by atoms with van der Waals surface area (Å²) in [5.41, 5.74) is 5.95. The van der Waals surface area contributed by atoms with Gasteiger partial charge in [0.1, 0.15) is 23.0 Å². The van der Waals surface area contributed by atoms with Gasteiger partial charge in [-0.15, -0.1) is 0 Å². The number of pyridine rings is 2. The molecular weight excluding hydrogens is 651 g/mol. The van der Waals surface area contributed by atoms with E-state index in [-0.39, 0.29) is 5.91 Å². The Hall–Kier alpha value is -4.35. The molecule has 1 fully saturated rings. The standard InChI is InChI=1S/C36H38Cl2N6O4/c1-6-32(45)42-27-15-22(21-10-12-43(7-2)13-11-21)8-9-26(27)41-31-16-28-23(18-39-31)14-25(36-40-24(20-46-3)19-44(28)36)33-34(37)29(47-4)17-30(48-5)35(33)38/h6,8-9,14-19,21H,1,7,10-13,20H2,2-5H3,(H,39,41)(H,42,45). The second-order valence-corrected chi connectivity index (χ2v) is 12.4. The van der Waals surface area contributed by atoms with Gasteiger partial charge in [-0.25, -0.2) is 9.97 Å². The SMILES string of the molecule is C=CC(=O)Nc1cc(C2CCN(CC)CC2)ccc1Nc1cc2c(cn1)cc(-c1c(Cl)c(OC)cc(OC)c1Cl)c1nc(COC)cn12. The number of rotatable bonds is 11. The first kappa shape index (κ1) is 33.5. The minimum absolute atomic E-state index is 0.285. The average molecular weight is 690 g/mol. The predicted octanol–water partition coefficient (Wildman–Crippen LogP) is 8.09. The fraction of sp³-hybridized carbons (Fsp3) is 0.306. The highest BCUT2D eigenvalue weighted by molar-refractivity contribution is 6.41. The smallest absolute Gasteiger partial charge is 0.247 e. The summed E-state index contributed by atoms with van der Waals surface area (Å²) in [7, 11) is 4.70. The minimum Gasteiger partial charge on any atom is -0.495 e. The van der Waals surface area contributed by atoms with Crippen molar-refractivity contribution in [3.8, 4) is 22.6 Å². The normalized spacial score (nSPS) is 14.0. The summed E-state index contributed by atoms with van der Waals surface area (Å²) in [6.07, 6.45) is 7.12. The number of methoxy groups -OCH3 is 3. The first-order chi connectivity index (χ1) is 23.3. The number of fused-ring (bicyclic) bond motifs is 3. The van der Waals surface area contributed by atoms with Crippen LogP contribution in [0.5, 0.6) is 11.5 Å². The number of hydrogen-bond donors (Lipinski definition) is 2. The van der Waals surface area contributed by atoms with Crippen LogP contribution < -0.4 is 20.1 Å². The van der Waals surface area contributed by atoms with Crippen molar-refractivity contribution in [3.63, 3.8) is 0 Å². The second kappa shape index (κ2) is 14.4. The monoisotopic (exact) mass is 688 g/mol. The third kappa shape index (κ3) is 6.53. The van der Waals surface area contributed by atoms with Gasteiger partial charge in [-0.05, 0) is 68.2 Å². The lowest BCUT2D eigenvalue weighted by atomic mass is 9.89. The van der Waals surface area contributed by atoms with Gasteiger partial charge in [-0.2, -0.15) is 0 Å². The molecule has 0 atom stereocenters. The summed E-state index contributed by atoms with van der Waals surface area (Å²) >= 11 is 13.7. The Labute approximate surface area is 289 Å². The van der Waals surface area contributed by atoms with E-state index >= 15 is 0 Å². The summed E-state index contributed by atoms with van der Waals surface area (Å²) < 4.78 is 18.5. The van der Waals surface area contributed by atoms with Crippen LogP contribution in [-0.2, 0) is 16.1 Å². The Kier molecular flexibility index (Phi) is 10.1. The number of nitrogens with zero attached hydrogens (tertiary/aromatic N) is 4. The second-order valence-electron chi connectivity index (χ2n) is 11.7. The van der Waals surface area contributed by atoms with Crippen LogP contribution >= 0.6 is 23.2 Å². The lowest BCUT2D eigenvalue weighted by Gasteiger charge is -2.31. The first-order valence-electron chi connectivity index (χ1n) is 15.7. The van der Waals surface area contributed by atoms with Gasteiger partial charge in [0.15, 0.2) is 0 Å². The van der Waals surface area contributed by atoms with Crippen molar-refractivity contribution in [2.45, 2.75) is 32.3 Å². The van der Waals surface area contributed by atoms with Gasteiger partial charge in [0, 0.05) is 48.1 Å². The maximum atomic E-state index is 12.5. The van der Waals surface area contributed by atoms with Crippen molar-refractivity contribution in [2.75, 3.05) is 51.6 Å². The fourth-order valence-electron chi connectivity index (χ4n) is 6.32. The van der Waals surface area contributed by atoms with Crippen LogP contribution in [-0.4, -0.2) is 66.1 Å². The molecule has 0 unspecified atom stereocenters. The third-order valence-corrected chi connectivity index (χ3v) is 9.61. The molecule has 48 heavy (non-hydrogen) atoms. The molecule has 4 heterocycles. The van der Waals surface area contributed by atoms with E-state index in [1.807, 2.05) is 28.8 Å². The number of likely N-dealkylation sites (tertiary alicyclic amines) is 1. The van der Waals surface area contributed by atoms with E-state index in [9.17, 15) is 4.79 Å². The zero-order chi connectivity index (χ0) is 33.9. The number of nitrogens with one attached hydrogen (secondary N) is 2. The van der Waals surface area contributed by atoms with Crippen molar-refractivity contribution in [2.24, 2.45) is 0 Å². The number of ether oxygens (including phenoxy) is 3. The number of aromatic nitrogens is 3. The maximum absolute atomic E-state index is 12.5. The zero-order valence-corrected chi connectivity index (χ0v) is 28.9. The van der Waals surface area contributed by atoms with Crippen LogP contribution in [0.4, 0.5) is 17.2 Å². The van der Waals surface area contributed by atoms with Gasteiger partial charge >= 0.3 is 0 Å². The molecule has 2 N–H and O–H groups in total. The van der Waals surface area contributed by atoms with E-state index in [1.165, 1.54) is 25.9 Å². The molecule has 1 amide bonds. The number of halogens is 2. The molecule has 2 aromatic carbocycles. The molecule has 1 aliphatic rings. The molecule has 0 spiro atoms. The summed E-state index contributed by atoms with van der Waals surface area (Å²) in [5.74, 6) is 1.56. The fourth-order valence-corrected chi connectivity index (χ4v) is 7.03. The van der Waals surface area contributed by atoms with E-state index in [2.05, 4.69) is 41.2 Å². The van der Waals surface area contributed by atoms with Crippen molar-refractivity contribution in [1.29, 1.82) is 0 Å². The summed E-state index contributed by atoms with van der Waals surface area (Å²) in [6, 6.07) is 11.7. The van der Waals surface area contributed by atoms with Crippen LogP contribution in [0.25, 0.3) is 27.7 Å². The molecular formula is C36H38Cl2N6O4. The molecule has 0 saturated carbocycles. The molecule has 250 valence electrons. The molecule has 1 aliphatic heterocycles. The molecule has 10 nitrogen and oxygen atoms in total. The van der Waals surface area contributed by atoms with Gasteiger partial charge in [0.05, 0.1) is 53.5 Å². The van der Waals surface area contributed by atoms with Crippen LogP contribution in [0, 0.1) is 0 Å². The van der Waals surface area contributed by atoms with Gasteiger partial charge in [-0.1, -0.05) is 42.8 Å². The number of anilines is 3. The Morgan fingerprint density at radius 3 is 2.42 bits per heavy atom. The van der Waals surface area contributed by atoms with E-state index < -0.39 is 0 Å². The number of amides is 1. The highest BCUT2D eigenvalue weighted by Crippen LogP contribution is 2.47. The molecule has 6 rings (SSSR count). The predicted molar refractivity (Wildman–Crippen MR) is 192 cm³/mol. The molecule has 0 aliphatic carbocycles. The Morgan fingerprint density at radius 1 is 1.04 bits per heavy atom. The minimum atomic E-state index is -0.285. The lowest BCUT2D eigenvalue weighted by Crippen LogP contribution is -2.32. The molecule has 5 aromatic rings. The first-order valence-corrected chi connectivity index (χ1v) is 16.5. The third-order valence-electron chi connectivity index (χ3n) is 8.86. The molecule has 1 saturated heterocycles. The number of hydrogen-bond acceptors (Lipinski definition) is 8. The van der Waals surface area contributed by atoms with Crippen LogP contribution in [0.2, 0.25) is 10.0 Å². The van der Waals surface area contributed by atoms with Crippen molar-refractivity contribution in [3.05, 3.63) is 82.7 Å². The zero-order valence-electron chi connectivity index (χ0n) is 27.4. The highest BCUT2D eigenvalue weighted by atomic mass is 35.5. The number of imidazole rings is 1. The summed E-state index contributed by atoms with van der Waals surface area (Å²) in [6.45, 7) is 9.34. The van der Waals surface area contributed by atoms with E-state index in [0.717, 1.165) is 49.1 Å². The number of benzene rings is 2. The number of piperidine rings is 1. The quantitative estimate of drug-likeness (QED) is 0.134. The Bertz CT molecular complexity index is 1980.